The van der Waals surface area contributed by atoms with Gasteiger partial charge in [0.05, 0.1) is 24.4 Å². The normalized spacial score (nSPS) is 13.8. The molecule has 0 aliphatic carbocycles. The molecule has 0 atom stereocenters. The maximum Gasteiger partial charge on any atom is 0.291 e. The topological polar surface area (TPSA) is 93.9 Å². The number of fused-ring (bicyclic) bond motifs is 1. The second kappa shape index (κ2) is 9.43. The number of anilines is 1. The lowest BCUT2D eigenvalue weighted by Gasteiger charge is -2.26. The molecule has 2 amide bonds. The first-order valence-corrected chi connectivity index (χ1v) is 11.4. The number of amides is 2. The highest BCUT2D eigenvalue weighted by atomic mass is 32.1. The molecule has 0 radical (unpaired) electrons. The molecule has 0 saturated carbocycles. The van der Waals surface area contributed by atoms with Crippen molar-refractivity contribution < 1.29 is 23.5 Å². The Hall–Kier alpha value is -3.69. The Bertz CT molecular complexity index is 1260. The zero-order valence-electron chi connectivity index (χ0n) is 17.7. The molecule has 1 aliphatic heterocycles. The fourth-order valence-electron chi connectivity index (χ4n) is 3.58. The molecule has 1 aliphatic rings. The third kappa shape index (κ3) is 4.59. The summed E-state index contributed by atoms with van der Waals surface area (Å²) in [5, 5.41) is 5.48. The number of hydrogen-bond donors (Lipinski definition) is 1. The largest absolute Gasteiger partial charge is 0.487 e. The van der Waals surface area contributed by atoms with Crippen molar-refractivity contribution in [2.75, 3.05) is 31.6 Å². The van der Waals surface area contributed by atoms with Crippen LogP contribution in [0.5, 0.6) is 5.75 Å². The predicted molar refractivity (Wildman–Crippen MR) is 124 cm³/mol. The molecule has 33 heavy (non-hydrogen) atoms. The molecule has 1 N–H and O–H groups in total. The van der Waals surface area contributed by atoms with Crippen LogP contribution < -0.4 is 10.1 Å². The number of carbonyl (C=O) groups excluding carboxylic acids is 2. The van der Waals surface area contributed by atoms with Gasteiger partial charge in [0, 0.05) is 29.4 Å². The van der Waals surface area contributed by atoms with Crippen LogP contribution in [-0.2, 0) is 11.3 Å². The fourth-order valence-corrected chi connectivity index (χ4v) is 4.13. The van der Waals surface area contributed by atoms with Crippen LogP contribution in [-0.4, -0.2) is 48.0 Å². The van der Waals surface area contributed by atoms with E-state index < -0.39 is 0 Å². The van der Waals surface area contributed by atoms with Gasteiger partial charge in [-0.1, -0.05) is 12.1 Å². The van der Waals surface area contributed by atoms with Crippen molar-refractivity contribution in [3.8, 4) is 5.75 Å². The summed E-state index contributed by atoms with van der Waals surface area (Å²) in [6.07, 6.45) is 0. The van der Waals surface area contributed by atoms with Crippen LogP contribution >= 0.6 is 11.3 Å². The molecule has 2 aromatic heterocycles. The zero-order valence-corrected chi connectivity index (χ0v) is 18.5. The highest BCUT2D eigenvalue weighted by Gasteiger charge is 2.27. The maximum atomic E-state index is 13.1. The van der Waals surface area contributed by atoms with Crippen LogP contribution in [0.1, 0.15) is 26.6 Å². The minimum absolute atomic E-state index is 0.120. The number of nitrogens with one attached hydrogen (secondary N) is 1. The summed E-state index contributed by atoms with van der Waals surface area (Å²) in [5.41, 5.74) is 3.95. The summed E-state index contributed by atoms with van der Waals surface area (Å²) in [5.74, 6) is 0.144. The summed E-state index contributed by atoms with van der Waals surface area (Å²) in [6.45, 7) is 2.27. The summed E-state index contributed by atoms with van der Waals surface area (Å²) >= 11 is 1.51. The first-order valence-electron chi connectivity index (χ1n) is 10.5. The monoisotopic (exact) mass is 463 g/mol. The van der Waals surface area contributed by atoms with Crippen molar-refractivity contribution in [3.05, 3.63) is 76.4 Å². The van der Waals surface area contributed by atoms with Crippen molar-refractivity contribution in [1.29, 1.82) is 0 Å². The molecule has 5 rings (SSSR count). The number of benzene rings is 2. The standard InChI is InChI=1S/C24H21N3O5S/c28-23(16-5-7-18(8-6-16)31-13-17-14-33-15-25-17)26-21-19-3-1-2-4-20(19)32-22(21)24(29)27-9-11-30-12-10-27/h1-8,14-15H,9-13H2,(H,26,28). The average Bonchev–Trinajstić information content (AvgIpc) is 3.51. The fraction of sp³-hybridized carbons (Fsp3) is 0.208. The number of rotatable bonds is 6. The van der Waals surface area contributed by atoms with Crippen LogP contribution in [0.4, 0.5) is 5.69 Å². The number of nitrogens with zero attached hydrogens (tertiary/aromatic N) is 2. The van der Waals surface area contributed by atoms with Crippen LogP contribution in [0.2, 0.25) is 0 Å². The first-order chi connectivity index (χ1) is 16.2. The second-order valence-electron chi connectivity index (χ2n) is 7.45. The summed E-state index contributed by atoms with van der Waals surface area (Å²) in [4.78, 5) is 32.0. The van der Waals surface area contributed by atoms with E-state index >= 15 is 0 Å². The van der Waals surface area contributed by atoms with E-state index in [-0.39, 0.29) is 17.6 Å². The second-order valence-corrected chi connectivity index (χ2v) is 8.17. The predicted octanol–water partition coefficient (Wildman–Crippen LogP) is 4.19. The van der Waals surface area contributed by atoms with Crippen LogP contribution in [0.25, 0.3) is 11.0 Å². The number of hydrogen-bond acceptors (Lipinski definition) is 7. The molecule has 0 bridgehead atoms. The van der Waals surface area contributed by atoms with Gasteiger partial charge in [0.25, 0.3) is 11.8 Å². The van der Waals surface area contributed by atoms with E-state index in [9.17, 15) is 9.59 Å². The highest BCUT2D eigenvalue weighted by molar-refractivity contribution is 7.07. The van der Waals surface area contributed by atoms with Gasteiger partial charge >= 0.3 is 0 Å². The number of para-hydroxylation sites is 1. The van der Waals surface area contributed by atoms with Gasteiger partial charge in [0.15, 0.2) is 0 Å². The number of carbonyl (C=O) groups is 2. The third-order valence-corrected chi connectivity index (χ3v) is 5.95. The Balaban J connectivity index is 1.35. The summed E-state index contributed by atoms with van der Waals surface area (Å²) in [7, 11) is 0. The highest BCUT2D eigenvalue weighted by Crippen LogP contribution is 2.32. The molecule has 4 aromatic rings. The van der Waals surface area contributed by atoms with Crippen molar-refractivity contribution in [1.82, 2.24) is 9.88 Å². The Kier molecular flexibility index (Phi) is 6.05. The molecule has 1 fully saturated rings. The molecule has 2 aromatic carbocycles. The number of morpholine rings is 1. The van der Waals surface area contributed by atoms with Crippen molar-refractivity contribution in [3.63, 3.8) is 0 Å². The Labute approximate surface area is 193 Å². The van der Waals surface area contributed by atoms with Gasteiger partial charge in [-0.2, -0.15) is 0 Å². The zero-order chi connectivity index (χ0) is 22.6. The Morgan fingerprint density at radius 1 is 1.09 bits per heavy atom. The quantitative estimate of drug-likeness (QED) is 0.461. The maximum absolute atomic E-state index is 13.1. The number of furan rings is 1. The van der Waals surface area contributed by atoms with Gasteiger partial charge in [0.1, 0.15) is 23.6 Å². The van der Waals surface area contributed by atoms with E-state index in [4.69, 9.17) is 13.9 Å². The van der Waals surface area contributed by atoms with E-state index in [1.165, 1.54) is 11.3 Å². The first kappa shape index (κ1) is 21.2. The Morgan fingerprint density at radius 3 is 2.64 bits per heavy atom. The lowest BCUT2D eigenvalue weighted by atomic mass is 10.1. The van der Waals surface area contributed by atoms with Crippen LogP contribution in [0, 0.1) is 0 Å². The van der Waals surface area contributed by atoms with Crippen molar-refractivity contribution in [2.45, 2.75) is 6.61 Å². The van der Waals surface area contributed by atoms with Gasteiger partial charge in [-0.3, -0.25) is 9.59 Å². The SMILES string of the molecule is O=C(Nc1c(C(=O)N2CCOCC2)oc2ccccc12)c1ccc(OCc2cscn2)cc1. The number of thiazole rings is 1. The van der Waals surface area contributed by atoms with Gasteiger partial charge < -0.3 is 24.1 Å². The molecular formula is C24H21N3O5S. The van der Waals surface area contributed by atoms with Crippen LogP contribution in [0.15, 0.2) is 63.8 Å². The van der Waals surface area contributed by atoms with Crippen molar-refractivity contribution >= 4 is 39.8 Å². The molecule has 1 saturated heterocycles. The molecule has 0 spiro atoms. The molecular weight excluding hydrogens is 442 g/mol. The molecule has 8 nitrogen and oxygen atoms in total. The third-order valence-electron chi connectivity index (χ3n) is 5.31. The minimum atomic E-state index is -0.344. The van der Waals surface area contributed by atoms with E-state index in [0.717, 1.165) is 5.69 Å². The summed E-state index contributed by atoms with van der Waals surface area (Å²) in [6, 6.07) is 14.1. The molecule has 3 heterocycles. The number of ether oxygens (including phenoxy) is 2. The van der Waals surface area contributed by atoms with Gasteiger partial charge in [-0.15, -0.1) is 11.3 Å². The molecule has 9 heteroatoms. The van der Waals surface area contributed by atoms with Gasteiger partial charge in [0.2, 0.25) is 5.76 Å². The average molecular weight is 464 g/mol. The van der Waals surface area contributed by atoms with Gasteiger partial charge in [-0.05, 0) is 36.4 Å². The molecule has 0 unspecified atom stereocenters. The summed E-state index contributed by atoms with van der Waals surface area (Å²) < 4.78 is 16.9. The smallest absolute Gasteiger partial charge is 0.291 e. The van der Waals surface area contributed by atoms with E-state index in [2.05, 4.69) is 10.3 Å². The van der Waals surface area contributed by atoms with E-state index in [1.54, 1.807) is 40.7 Å². The molecule has 168 valence electrons. The van der Waals surface area contributed by atoms with E-state index in [0.29, 0.717) is 60.9 Å². The van der Waals surface area contributed by atoms with Crippen LogP contribution in [0.3, 0.4) is 0 Å². The number of aromatic nitrogens is 1. The minimum Gasteiger partial charge on any atom is -0.487 e. The Morgan fingerprint density at radius 2 is 1.88 bits per heavy atom. The van der Waals surface area contributed by atoms with Gasteiger partial charge in [-0.25, -0.2) is 4.98 Å². The van der Waals surface area contributed by atoms with E-state index in [1.807, 2.05) is 23.6 Å². The lowest BCUT2D eigenvalue weighted by Crippen LogP contribution is -2.40. The van der Waals surface area contributed by atoms with Crippen molar-refractivity contribution in [2.24, 2.45) is 0 Å². The lowest BCUT2D eigenvalue weighted by molar-refractivity contribution is 0.0285.